The summed E-state index contributed by atoms with van der Waals surface area (Å²) in [6, 6.07) is 20.8. The van der Waals surface area contributed by atoms with Gasteiger partial charge in [0, 0.05) is 10.4 Å². The molecule has 0 atom stereocenters. The predicted molar refractivity (Wildman–Crippen MR) is 118 cm³/mol. The Bertz CT molecular complexity index is 1110. The smallest absolute Gasteiger partial charge is 0.338 e. The largest absolute Gasteiger partial charge is 0.465 e. The van der Waals surface area contributed by atoms with Crippen molar-refractivity contribution >= 4 is 17.6 Å². The van der Waals surface area contributed by atoms with Crippen LogP contribution in [-0.4, -0.2) is 13.1 Å². The lowest BCUT2D eigenvalue weighted by molar-refractivity contribution is 0.0601. The average Bonchev–Trinajstić information content (AvgIpc) is 3.04. The second kappa shape index (κ2) is 7.03. The van der Waals surface area contributed by atoms with Gasteiger partial charge in [-0.25, -0.2) is 4.79 Å². The van der Waals surface area contributed by atoms with Crippen molar-refractivity contribution < 1.29 is 9.53 Å². The maximum atomic E-state index is 12.5. The number of rotatable bonds is 2. The monoisotopic (exact) mass is 402 g/mol. The molecule has 1 fully saturated rings. The lowest BCUT2D eigenvalue weighted by Crippen LogP contribution is -2.27. The van der Waals surface area contributed by atoms with E-state index in [0.717, 1.165) is 11.1 Å². The summed E-state index contributed by atoms with van der Waals surface area (Å²) in [5.41, 5.74) is 7.96. The highest BCUT2D eigenvalue weighted by molar-refractivity contribution is 6.31. The van der Waals surface area contributed by atoms with Crippen molar-refractivity contribution in [2.24, 2.45) is 0 Å². The lowest BCUT2D eigenvalue weighted by Gasteiger charge is -2.36. The van der Waals surface area contributed by atoms with Crippen LogP contribution in [0.2, 0.25) is 5.02 Å². The fourth-order valence-corrected chi connectivity index (χ4v) is 5.63. The molecular weight excluding hydrogens is 380 g/mol. The maximum absolute atomic E-state index is 12.5. The Balaban J connectivity index is 1.81. The van der Waals surface area contributed by atoms with Crippen molar-refractivity contribution in [3.63, 3.8) is 0 Å². The number of benzene rings is 3. The van der Waals surface area contributed by atoms with E-state index in [-0.39, 0.29) is 11.4 Å². The molecule has 0 saturated heterocycles. The fourth-order valence-electron chi connectivity index (χ4n) is 5.45. The summed E-state index contributed by atoms with van der Waals surface area (Å²) in [7, 11) is 1.41. The van der Waals surface area contributed by atoms with E-state index >= 15 is 0 Å². The van der Waals surface area contributed by atoms with Crippen LogP contribution in [0, 0.1) is 0 Å². The van der Waals surface area contributed by atoms with Crippen molar-refractivity contribution in [2.45, 2.75) is 37.5 Å². The van der Waals surface area contributed by atoms with Crippen molar-refractivity contribution in [3.8, 4) is 22.3 Å². The van der Waals surface area contributed by atoms with E-state index < -0.39 is 0 Å². The summed E-state index contributed by atoms with van der Waals surface area (Å²) < 4.78 is 5.05. The van der Waals surface area contributed by atoms with Gasteiger partial charge in [-0.2, -0.15) is 0 Å². The van der Waals surface area contributed by atoms with E-state index in [9.17, 15) is 4.79 Å². The number of hydrogen-bond donors (Lipinski definition) is 0. The summed E-state index contributed by atoms with van der Waals surface area (Å²) in [6.07, 6.45) is 6.19. The van der Waals surface area contributed by atoms with Gasteiger partial charge in [0.15, 0.2) is 0 Å². The molecule has 1 saturated carbocycles. The Morgan fingerprint density at radius 2 is 1.59 bits per heavy atom. The minimum absolute atomic E-state index is 0.0953. The molecule has 3 aromatic rings. The third-order valence-electron chi connectivity index (χ3n) is 6.68. The van der Waals surface area contributed by atoms with Gasteiger partial charge in [0.2, 0.25) is 0 Å². The Hall–Kier alpha value is -2.58. The molecule has 0 N–H and O–H groups in total. The van der Waals surface area contributed by atoms with Crippen LogP contribution < -0.4 is 0 Å². The highest BCUT2D eigenvalue weighted by atomic mass is 35.5. The van der Waals surface area contributed by atoms with Crippen molar-refractivity contribution in [2.75, 3.05) is 7.11 Å². The Morgan fingerprint density at radius 1 is 0.862 bits per heavy atom. The molecule has 5 rings (SSSR count). The fraction of sp³-hybridized carbons (Fsp3) is 0.269. The van der Waals surface area contributed by atoms with Gasteiger partial charge >= 0.3 is 5.97 Å². The van der Waals surface area contributed by atoms with Crippen LogP contribution in [0.1, 0.15) is 53.6 Å². The van der Waals surface area contributed by atoms with E-state index in [1.165, 1.54) is 61.5 Å². The molecule has 2 aliphatic carbocycles. The molecule has 0 unspecified atom stereocenters. The number of ether oxygens (including phenoxy) is 1. The van der Waals surface area contributed by atoms with Gasteiger partial charge in [-0.15, -0.1) is 0 Å². The first kappa shape index (κ1) is 18.4. The molecule has 2 aliphatic rings. The molecule has 1 spiro atoms. The molecule has 0 amide bonds. The van der Waals surface area contributed by atoms with Gasteiger partial charge < -0.3 is 4.74 Å². The lowest BCUT2D eigenvalue weighted by atomic mass is 9.67. The Labute approximate surface area is 176 Å². The van der Waals surface area contributed by atoms with Crippen molar-refractivity contribution in [1.29, 1.82) is 0 Å². The number of methoxy groups -OCH3 is 1. The molecule has 3 heteroatoms. The molecule has 2 nitrogen and oxygen atoms in total. The van der Waals surface area contributed by atoms with Crippen LogP contribution in [0.4, 0.5) is 0 Å². The van der Waals surface area contributed by atoms with E-state index in [0.29, 0.717) is 10.6 Å². The van der Waals surface area contributed by atoms with E-state index in [1.54, 1.807) is 6.07 Å². The zero-order chi connectivity index (χ0) is 20.0. The normalized spacial score (nSPS) is 16.3. The van der Waals surface area contributed by atoms with Gasteiger partial charge in [0.25, 0.3) is 0 Å². The zero-order valence-electron chi connectivity index (χ0n) is 16.5. The molecular formula is C26H23ClO2. The van der Waals surface area contributed by atoms with Crippen LogP contribution >= 0.6 is 11.6 Å². The standard InChI is InChI=1S/C26H23ClO2/c1-29-25(28)21-16-17(27)12-13-18(21)19-9-7-11-23-24(19)20-8-3-4-10-22(20)26(23)14-5-2-6-15-26/h3-4,7-13,16H,2,5-6,14-15H2,1H3. The molecule has 0 bridgehead atoms. The summed E-state index contributed by atoms with van der Waals surface area (Å²) >= 11 is 6.21. The summed E-state index contributed by atoms with van der Waals surface area (Å²) in [4.78, 5) is 12.5. The first-order valence-electron chi connectivity index (χ1n) is 10.3. The van der Waals surface area contributed by atoms with Gasteiger partial charge in [-0.1, -0.05) is 79.4 Å². The van der Waals surface area contributed by atoms with Crippen LogP contribution in [-0.2, 0) is 10.2 Å². The highest BCUT2D eigenvalue weighted by Gasteiger charge is 2.44. The number of halogens is 1. The minimum Gasteiger partial charge on any atom is -0.465 e. The average molecular weight is 403 g/mol. The predicted octanol–water partition coefficient (Wildman–Crippen LogP) is 7.02. The Kier molecular flexibility index (Phi) is 4.48. The third-order valence-corrected chi connectivity index (χ3v) is 6.91. The van der Waals surface area contributed by atoms with Crippen LogP contribution in [0.25, 0.3) is 22.3 Å². The number of carbonyl (C=O) groups excluding carboxylic acids is 1. The molecule has 0 aliphatic heterocycles. The first-order valence-corrected chi connectivity index (χ1v) is 10.6. The van der Waals surface area contributed by atoms with Gasteiger partial charge in [0.1, 0.15) is 0 Å². The topological polar surface area (TPSA) is 26.3 Å². The summed E-state index contributed by atoms with van der Waals surface area (Å²) in [5, 5.41) is 0.533. The van der Waals surface area contributed by atoms with Crippen LogP contribution in [0.5, 0.6) is 0 Å². The third kappa shape index (κ3) is 2.73. The second-order valence-electron chi connectivity index (χ2n) is 8.10. The van der Waals surface area contributed by atoms with E-state index in [4.69, 9.17) is 16.3 Å². The van der Waals surface area contributed by atoms with Crippen molar-refractivity contribution in [1.82, 2.24) is 0 Å². The summed E-state index contributed by atoms with van der Waals surface area (Å²) in [6.45, 7) is 0. The van der Waals surface area contributed by atoms with E-state index in [1.807, 2.05) is 12.1 Å². The first-order chi connectivity index (χ1) is 14.2. The highest BCUT2D eigenvalue weighted by Crippen LogP contribution is 2.57. The van der Waals surface area contributed by atoms with Crippen LogP contribution in [0.3, 0.4) is 0 Å². The second-order valence-corrected chi connectivity index (χ2v) is 8.53. The number of hydrogen-bond acceptors (Lipinski definition) is 2. The number of esters is 1. The van der Waals surface area contributed by atoms with Gasteiger partial charge in [-0.3, -0.25) is 0 Å². The maximum Gasteiger partial charge on any atom is 0.338 e. The SMILES string of the molecule is COC(=O)c1cc(Cl)ccc1-c1cccc2c1-c1ccccc1C21CCCCC1. The molecule has 29 heavy (non-hydrogen) atoms. The molecule has 0 heterocycles. The zero-order valence-corrected chi connectivity index (χ0v) is 17.3. The summed E-state index contributed by atoms with van der Waals surface area (Å²) in [5.74, 6) is -0.362. The van der Waals surface area contributed by atoms with Gasteiger partial charge in [0.05, 0.1) is 12.7 Å². The molecule has 3 aromatic carbocycles. The van der Waals surface area contributed by atoms with Crippen molar-refractivity contribution in [3.05, 3.63) is 82.4 Å². The quantitative estimate of drug-likeness (QED) is 0.430. The number of fused-ring (bicyclic) bond motifs is 5. The molecule has 0 aromatic heterocycles. The van der Waals surface area contributed by atoms with Gasteiger partial charge in [-0.05, 0) is 58.4 Å². The van der Waals surface area contributed by atoms with E-state index in [2.05, 4.69) is 42.5 Å². The Morgan fingerprint density at radius 3 is 2.38 bits per heavy atom. The molecule has 146 valence electrons. The number of carbonyl (C=O) groups is 1. The minimum atomic E-state index is -0.362. The van der Waals surface area contributed by atoms with Crippen LogP contribution in [0.15, 0.2) is 60.7 Å². The molecule has 0 radical (unpaired) electrons.